The van der Waals surface area contributed by atoms with E-state index in [2.05, 4.69) is 0 Å². The normalized spacial score (nSPS) is 9.38. The van der Waals surface area contributed by atoms with Crippen LogP contribution in [0.4, 0.5) is 0 Å². The molecule has 0 unspecified atom stereocenters. The highest BCUT2D eigenvalue weighted by molar-refractivity contribution is 6.17. The quantitative estimate of drug-likeness (QED) is 0.552. The van der Waals surface area contributed by atoms with Gasteiger partial charge in [0.15, 0.2) is 23.9 Å². The zero-order valence-corrected chi connectivity index (χ0v) is 7.88. The fourth-order valence-electron chi connectivity index (χ4n) is 0.995. The molecule has 0 bridgehead atoms. The number of hydrogen-bond acceptors (Lipinski definition) is 3. The van der Waals surface area contributed by atoms with Gasteiger partial charge in [-0.05, 0) is 12.1 Å². The Hall–Kier alpha value is -1.22. The molecular weight excluding hydrogens is 192 g/mol. The van der Waals surface area contributed by atoms with E-state index in [0.717, 1.165) is 0 Å². The molecule has 0 aliphatic heterocycles. The Balaban J connectivity index is 3.12. The standard InChI is InChI=1S/C9H9ClO3/c1-12-8-4-2-3-7(5-11)9(8)13-6-10/h2-5H,6H2,1H3. The Labute approximate surface area is 81.2 Å². The summed E-state index contributed by atoms with van der Waals surface area (Å²) in [6, 6.07) is 5.04. The van der Waals surface area contributed by atoms with Gasteiger partial charge in [-0.3, -0.25) is 4.79 Å². The number of ether oxygens (including phenoxy) is 2. The van der Waals surface area contributed by atoms with Crippen LogP contribution in [-0.4, -0.2) is 19.5 Å². The lowest BCUT2D eigenvalue weighted by atomic mass is 10.2. The fourth-order valence-corrected chi connectivity index (χ4v) is 1.10. The highest BCUT2D eigenvalue weighted by Gasteiger charge is 2.08. The van der Waals surface area contributed by atoms with Gasteiger partial charge in [0.2, 0.25) is 0 Å². The third-order valence-corrected chi connectivity index (χ3v) is 1.66. The van der Waals surface area contributed by atoms with Crippen molar-refractivity contribution in [1.82, 2.24) is 0 Å². The SMILES string of the molecule is COc1cccc(C=O)c1OCCl. The molecule has 0 aliphatic carbocycles. The van der Waals surface area contributed by atoms with Gasteiger partial charge in [0, 0.05) is 0 Å². The third-order valence-electron chi connectivity index (χ3n) is 1.56. The summed E-state index contributed by atoms with van der Waals surface area (Å²) in [4.78, 5) is 10.6. The van der Waals surface area contributed by atoms with Crippen molar-refractivity contribution in [2.45, 2.75) is 0 Å². The summed E-state index contributed by atoms with van der Waals surface area (Å²) in [7, 11) is 1.50. The average Bonchev–Trinajstić information content (AvgIpc) is 2.18. The van der Waals surface area contributed by atoms with Crippen molar-refractivity contribution in [1.29, 1.82) is 0 Å². The van der Waals surface area contributed by atoms with Gasteiger partial charge in [0.1, 0.15) is 0 Å². The van der Waals surface area contributed by atoms with E-state index in [0.29, 0.717) is 23.3 Å². The van der Waals surface area contributed by atoms with Crippen LogP contribution in [0.1, 0.15) is 10.4 Å². The highest BCUT2D eigenvalue weighted by atomic mass is 35.5. The van der Waals surface area contributed by atoms with Crippen molar-refractivity contribution in [3.05, 3.63) is 23.8 Å². The second-order valence-electron chi connectivity index (χ2n) is 2.25. The summed E-state index contributed by atoms with van der Waals surface area (Å²) in [6.07, 6.45) is 0.699. The average molecular weight is 201 g/mol. The van der Waals surface area contributed by atoms with Crippen molar-refractivity contribution in [3.63, 3.8) is 0 Å². The summed E-state index contributed by atoms with van der Waals surface area (Å²) in [5, 5.41) is 0. The number of para-hydroxylation sites is 1. The number of alkyl halides is 1. The minimum absolute atomic E-state index is 0.0127. The third kappa shape index (κ3) is 2.12. The van der Waals surface area contributed by atoms with E-state index < -0.39 is 0 Å². The molecule has 1 aromatic carbocycles. The highest BCUT2D eigenvalue weighted by Crippen LogP contribution is 2.29. The smallest absolute Gasteiger partial charge is 0.173 e. The Morgan fingerprint density at radius 2 is 2.31 bits per heavy atom. The number of methoxy groups -OCH3 is 1. The summed E-state index contributed by atoms with van der Waals surface area (Å²) in [5.74, 6) is 0.889. The van der Waals surface area contributed by atoms with Crippen LogP contribution in [-0.2, 0) is 0 Å². The Morgan fingerprint density at radius 3 is 2.85 bits per heavy atom. The van der Waals surface area contributed by atoms with Crippen molar-refractivity contribution in [2.75, 3.05) is 13.2 Å². The fraction of sp³-hybridized carbons (Fsp3) is 0.222. The number of hydrogen-bond donors (Lipinski definition) is 0. The number of rotatable bonds is 4. The molecule has 0 saturated heterocycles. The maximum absolute atomic E-state index is 10.6. The second-order valence-corrected chi connectivity index (χ2v) is 2.47. The number of aldehydes is 1. The van der Waals surface area contributed by atoms with Gasteiger partial charge in [0.05, 0.1) is 12.7 Å². The molecule has 13 heavy (non-hydrogen) atoms. The Kier molecular flexibility index (Phi) is 3.58. The van der Waals surface area contributed by atoms with Crippen molar-refractivity contribution in [2.24, 2.45) is 0 Å². The van der Waals surface area contributed by atoms with Gasteiger partial charge >= 0.3 is 0 Å². The van der Waals surface area contributed by atoms with Crippen LogP contribution in [0.3, 0.4) is 0 Å². The summed E-state index contributed by atoms with van der Waals surface area (Å²) < 4.78 is 10.1. The topological polar surface area (TPSA) is 35.5 Å². The lowest BCUT2D eigenvalue weighted by Gasteiger charge is -2.09. The van der Waals surface area contributed by atoms with E-state index in [9.17, 15) is 4.79 Å². The van der Waals surface area contributed by atoms with Crippen molar-refractivity contribution < 1.29 is 14.3 Å². The van der Waals surface area contributed by atoms with Crippen LogP contribution in [0.15, 0.2) is 18.2 Å². The lowest BCUT2D eigenvalue weighted by Crippen LogP contribution is -1.97. The summed E-state index contributed by atoms with van der Waals surface area (Å²) >= 11 is 5.40. The molecule has 0 fully saturated rings. The monoisotopic (exact) mass is 200 g/mol. The Morgan fingerprint density at radius 1 is 1.54 bits per heavy atom. The summed E-state index contributed by atoms with van der Waals surface area (Å²) in [5.41, 5.74) is 0.431. The molecule has 3 nitrogen and oxygen atoms in total. The molecule has 4 heteroatoms. The predicted molar refractivity (Wildman–Crippen MR) is 49.7 cm³/mol. The molecule has 1 aromatic rings. The molecule has 0 N–H and O–H groups in total. The lowest BCUT2D eigenvalue weighted by molar-refractivity contribution is 0.111. The molecule has 1 rings (SSSR count). The molecule has 0 aromatic heterocycles. The number of carbonyl (C=O) groups is 1. The zero-order chi connectivity index (χ0) is 9.68. The van der Waals surface area contributed by atoms with E-state index in [1.165, 1.54) is 7.11 Å². The first kappa shape index (κ1) is 9.86. The first-order valence-electron chi connectivity index (χ1n) is 3.64. The van der Waals surface area contributed by atoms with Crippen LogP contribution in [0.25, 0.3) is 0 Å². The molecular formula is C9H9ClO3. The largest absolute Gasteiger partial charge is 0.493 e. The number of benzene rings is 1. The first-order chi connectivity index (χ1) is 6.33. The number of carbonyl (C=O) groups excluding carboxylic acids is 1. The molecule has 0 aliphatic rings. The van der Waals surface area contributed by atoms with Gasteiger partial charge in [0.25, 0.3) is 0 Å². The van der Waals surface area contributed by atoms with E-state index >= 15 is 0 Å². The summed E-state index contributed by atoms with van der Waals surface area (Å²) in [6.45, 7) is 0. The second kappa shape index (κ2) is 4.72. The minimum Gasteiger partial charge on any atom is -0.493 e. The molecule has 0 atom stereocenters. The van der Waals surface area contributed by atoms with Gasteiger partial charge in [-0.2, -0.15) is 0 Å². The zero-order valence-electron chi connectivity index (χ0n) is 7.12. The van der Waals surface area contributed by atoms with E-state index in [4.69, 9.17) is 21.1 Å². The van der Waals surface area contributed by atoms with Crippen LogP contribution < -0.4 is 9.47 Å². The van der Waals surface area contributed by atoms with Gasteiger partial charge in [-0.25, -0.2) is 0 Å². The van der Waals surface area contributed by atoms with Crippen molar-refractivity contribution in [3.8, 4) is 11.5 Å². The molecule has 70 valence electrons. The van der Waals surface area contributed by atoms with Gasteiger partial charge < -0.3 is 9.47 Å². The maximum atomic E-state index is 10.6. The van der Waals surface area contributed by atoms with Gasteiger partial charge in [-0.1, -0.05) is 17.7 Å². The predicted octanol–water partition coefficient (Wildman–Crippen LogP) is 2.08. The maximum Gasteiger partial charge on any atom is 0.173 e. The van der Waals surface area contributed by atoms with Crippen LogP contribution >= 0.6 is 11.6 Å². The first-order valence-corrected chi connectivity index (χ1v) is 4.18. The van der Waals surface area contributed by atoms with E-state index in [-0.39, 0.29) is 6.07 Å². The molecule has 0 saturated carbocycles. The van der Waals surface area contributed by atoms with Crippen LogP contribution in [0, 0.1) is 0 Å². The number of halogens is 1. The van der Waals surface area contributed by atoms with Crippen LogP contribution in [0.5, 0.6) is 11.5 Å². The Bertz CT molecular complexity index is 299. The molecule has 0 amide bonds. The van der Waals surface area contributed by atoms with Crippen molar-refractivity contribution >= 4 is 17.9 Å². The van der Waals surface area contributed by atoms with E-state index in [1.807, 2.05) is 0 Å². The van der Waals surface area contributed by atoms with Crippen LogP contribution in [0.2, 0.25) is 0 Å². The minimum atomic E-state index is -0.0127. The molecule has 0 radical (unpaired) electrons. The van der Waals surface area contributed by atoms with Gasteiger partial charge in [-0.15, -0.1) is 0 Å². The molecule has 0 spiro atoms. The van der Waals surface area contributed by atoms with E-state index in [1.54, 1.807) is 18.2 Å². The molecule has 0 heterocycles.